The molecule has 0 amide bonds. The number of nitrogens with zero attached hydrogens (tertiary/aromatic N) is 3. The van der Waals surface area contributed by atoms with E-state index in [4.69, 9.17) is 4.74 Å². The number of nitrogens with one attached hydrogen (secondary N) is 1. The Morgan fingerprint density at radius 1 is 1.20 bits per heavy atom. The van der Waals surface area contributed by atoms with Crippen molar-refractivity contribution in [3.8, 4) is 11.8 Å². The summed E-state index contributed by atoms with van der Waals surface area (Å²) in [5.74, 6) is 0.770. The Hall–Kier alpha value is -1.40. The number of rotatable bonds is 7. The Labute approximate surface area is 162 Å². The van der Waals surface area contributed by atoms with E-state index < -0.39 is 0 Å². The van der Waals surface area contributed by atoms with Gasteiger partial charge in [0.05, 0.1) is 0 Å². The van der Waals surface area contributed by atoms with E-state index in [9.17, 15) is 0 Å². The van der Waals surface area contributed by atoms with Crippen LogP contribution in [0.3, 0.4) is 0 Å². The van der Waals surface area contributed by atoms with Crippen molar-refractivity contribution in [3.63, 3.8) is 0 Å². The van der Waals surface area contributed by atoms with Gasteiger partial charge in [0.25, 0.3) is 0 Å². The minimum Gasteiger partial charge on any atom is -0.424 e. The van der Waals surface area contributed by atoms with Gasteiger partial charge >= 0.3 is 6.01 Å². The molecule has 1 fully saturated rings. The van der Waals surface area contributed by atoms with E-state index in [-0.39, 0.29) is 24.8 Å². The first-order valence-electron chi connectivity index (χ1n) is 8.33. The maximum atomic E-state index is 5.67. The molecule has 5 nitrogen and oxygen atoms in total. The van der Waals surface area contributed by atoms with Crippen LogP contribution in [-0.2, 0) is 6.54 Å². The predicted octanol–water partition coefficient (Wildman–Crippen LogP) is 3.69. The van der Waals surface area contributed by atoms with Crippen LogP contribution in [0.4, 0.5) is 0 Å². The van der Waals surface area contributed by atoms with E-state index in [1.54, 1.807) is 18.5 Å². The number of hydrogen-bond acceptors (Lipinski definition) is 5. The summed E-state index contributed by atoms with van der Waals surface area (Å²) in [5.41, 5.74) is 1.21. The van der Waals surface area contributed by atoms with E-state index in [0.717, 1.165) is 25.4 Å². The smallest absolute Gasteiger partial charge is 0.321 e. The second-order valence-corrected chi connectivity index (χ2v) is 5.84. The summed E-state index contributed by atoms with van der Waals surface area (Å²) in [6.45, 7) is 6.52. The van der Waals surface area contributed by atoms with E-state index in [0.29, 0.717) is 12.1 Å². The molecule has 7 heteroatoms. The van der Waals surface area contributed by atoms with Crippen LogP contribution in [-0.4, -0.2) is 40.5 Å². The maximum absolute atomic E-state index is 5.67. The van der Waals surface area contributed by atoms with Crippen molar-refractivity contribution in [2.75, 3.05) is 19.6 Å². The molecule has 1 saturated heterocycles. The molecule has 1 aliphatic heterocycles. The van der Waals surface area contributed by atoms with Gasteiger partial charge in [-0.25, -0.2) is 9.97 Å². The van der Waals surface area contributed by atoms with Gasteiger partial charge in [-0.1, -0.05) is 19.1 Å². The summed E-state index contributed by atoms with van der Waals surface area (Å²) < 4.78 is 5.67. The molecular formula is C18H26Cl2N4O. The van der Waals surface area contributed by atoms with Crippen LogP contribution in [0.15, 0.2) is 42.7 Å². The third kappa shape index (κ3) is 6.44. The topological polar surface area (TPSA) is 50.3 Å². The second kappa shape index (κ2) is 11.3. The number of hydrogen-bond donors (Lipinski definition) is 1. The summed E-state index contributed by atoms with van der Waals surface area (Å²) >= 11 is 0. The Bertz CT molecular complexity index is 615. The summed E-state index contributed by atoms with van der Waals surface area (Å²) in [6, 6.07) is 10.9. The fourth-order valence-electron chi connectivity index (χ4n) is 3.09. The lowest BCUT2D eigenvalue weighted by molar-refractivity contribution is 0.260. The Kier molecular flexibility index (Phi) is 9.75. The standard InChI is InChI=1S/C18H24N4O.2ClH/c1-2-22-11-4-7-16(22)14-19-13-15-6-3-8-17(12-15)23-18-20-9-5-10-21-18;;/h3,5-6,8-10,12,16,19H,2,4,7,11,13-14H2,1H3;2*1H. The van der Waals surface area contributed by atoms with Gasteiger partial charge in [-0.3, -0.25) is 4.90 Å². The van der Waals surface area contributed by atoms with Gasteiger partial charge in [-0.2, -0.15) is 0 Å². The van der Waals surface area contributed by atoms with Crippen LogP contribution in [0, 0.1) is 0 Å². The molecule has 3 rings (SSSR count). The molecule has 2 heterocycles. The van der Waals surface area contributed by atoms with Gasteiger partial charge in [0.1, 0.15) is 5.75 Å². The van der Waals surface area contributed by atoms with Gasteiger partial charge < -0.3 is 10.1 Å². The van der Waals surface area contributed by atoms with Crippen LogP contribution in [0.5, 0.6) is 11.8 Å². The summed E-state index contributed by atoms with van der Waals surface area (Å²) in [7, 11) is 0. The highest BCUT2D eigenvalue weighted by atomic mass is 35.5. The molecule has 1 aromatic heterocycles. The third-order valence-corrected chi connectivity index (χ3v) is 4.26. The quantitative estimate of drug-likeness (QED) is 0.788. The summed E-state index contributed by atoms with van der Waals surface area (Å²) in [4.78, 5) is 10.7. The maximum Gasteiger partial charge on any atom is 0.321 e. The number of halogens is 2. The molecule has 1 N–H and O–H groups in total. The molecule has 25 heavy (non-hydrogen) atoms. The molecule has 0 aliphatic carbocycles. The fourth-order valence-corrected chi connectivity index (χ4v) is 3.09. The van der Waals surface area contributed by atoms with Crippen LogP contribution in [0.25, 0.3) is 0 Å². The van der Waals surface area contributed by atoms with Crippen molar-refractivity contribution < 1.29 is 4.74 Å². The summed E-state index contributed by atoms with van der Waals surface area (Å²) in [6.07, 6.45) is 5.97. The first-order chi connectivity index (χ1) is 11.3. The number of likely N-dealkylation sites (tertiary alicyclic amines) is 1. The van der Waals surface area contributed by atoms with Crippen LogP contribution in [0.2, 0.25) is 0 Å². The van der Waals surface area contributed by atoms with Crippen molar-refractivity contribution in [3.05, 3.63) is 48.3 Å². The van der Waals surface area contributed by atoms with Gasteiger partial charge in [-0.15, -0.1) is 24.8 Å². The predicted molar refractivity (Wildman–Crippen MR) is 105 cm³/mol. The number of benzene rings is 1. The van der Waals surface area contributed by atoms with Crippen molar-refractivity contribution in [1.82, 2.24) is 20.2 Å². The van der Waals surface area contributed by atoms with Gasteiger partial charge in [0.2, 0.25) is 0 Å². The zero-order chi connectivity index (χ0) is 15.9. The van der Waals surface area contributed by atoms with Crippen molar-refractivity contribution in [1.29, 1.82) is 0 Å². The zero-order valence-corrected chi connectivity index (χ0v) is 16.1. The van der Waals surface area contributed by atoms with Crippen LogP contribution >= 0.6 is 24.8 Å². The highest BCUT2D eigenvalue weighted by molar-refractivity contribution is 5.85. The highest BCUT2D eigenvalue weighted by Crippen LogP contribution is 2.19. The van der Waals surface area contributed by atoms with E-state index >= 15 is 0 Å². The first kappa shape index (κ1) is 21.6. The first-order valence-corrected chi connectivity index (χ1v) is 8.33. The molecule has 1 unspecified atom stereocenters. The molecule has 1 aromatic carbocycles. The largest absolute Gasteiger partial charge is 0.424 e. The Morgan fingerprint density at radius 3 is 2.76 bits per heavy atom. The molecule has 0 bridgehead atoms. The lowest BCUT2D eigenvalue weighted by Crippen LogP contribution is -2.37. The minimum atomic E-state index is 0. The molecule has 1 aliphatic rings. The zero-order valence-electron chi connectivity index (χ0n) is 14.4. The monoisotopic (exact) mass is 384 g/mol. The average molecular weight is 385 g/mol. The molecule has 0 spiro atoms. The fraction of sp³-hybridized carbons (Fsp3) is 0.444. The molecule has 0 saturated carbocycles. The average Bonchev–Trinajstić information content (AvgIpc) is 3.04. The van der Waals surface area contributed by atoms with Crippen molar-refractivity contribution >= 4 is 24.8 Å². The Balaban J connectivity index is 0.00000156. The Morgan fingerprint density at radius 2 is 2.00 bits per heavy atom. The number of ether oxygens (including phenoxy) is 1. The lowest BCUT2D eigenvalue weighted by atomic mass is 10.2. The van der Waals surface area contributed by atoms with Crippen LogP contribution in [0.1, 0.15) is 25.3 Å². The summed E-state index contributed by atoms with van der Waals surface area (Å²) in [5, 5.41) is 3.57. The van der Waals surface area contributed by atoms with E-state index in [1.807, 2.05) is 18.2 Å². The molecule has 1 atom stereocenters. The lowest BCUT2D eigenvalue weighted by Gasteiger charge is -2.23. The number of likely N-dealkylation sites (N-methyl/N-ethyl adjacent to an activating group) is 1. The van der Waals surface area contributed by atoms with E-state index in [2.05, 4.69) is 33.2 Å². The van der Waals surface area contributed by atoms with Gasteiger partial charge in [0, 0.05) is 31.5 Å². The van der Waals surface area contributed by atoms with Gasteiger partial charge in [-0.05, 0) is 49.7 Å². The van der Waals surface area contributed by atoms with E-state index in [1.165, 1.54) is 24.9 Å². The molecule has 0 radical (unpaired) electrons. The van der Waals surface area contributed by atoms with Crippen LogP contribution < -0.4 is 10.1 Å². The highest BCUT2D eigenvalue weighted by Gasteiger charge is 2.21. The molecular weight excluding hydrogens is 359 g/mol. The molecule has 138 valence electrons. The van der Waals surface area contributed by atoms with Gasteiger partial charge in [0.15, 0.2) is 0 Å². The molecule has 2 aromatic rings. The van der Waals surface area contributed by atoms with Crippen molar-refractivity contribution in [2.45, 2.75) is 32.4 Å². The minimum absolute atomic E-state index is 0. The second-order valence-electron chi connectivity index (χ2n) is 5.84. The van der Waals surface area contributed by atoms with Crippen molar-refractivity contribution in [2.24, 2.45) is 0 Å². The normalized spacial score (nSPS) is 16.8. The number of aromatic nitrogens is 2. The SMILES string of the molecule is CCN1CCCC1CNCc1cccc(Oc2ncccn2)c1.Cl.Cl. The third-order valence-electron chi connectivity index (χ3n) is 4.26.